The van der Waals surface area contributed by atoms with Gasteiger partial charge >= 0.3 is 0 Å². The summed E-state index contributed by atoms with van der Waals surface area (Å²) in [6.07, 6.45) is 0. The van der Waals surface area contributed by atoms with E-state index in [0.29, 0.717) is 0 Å². The molecule has 15 heavy (non-hydrogen) atoms. The van der Waals surface area contributed by atoms with Crippen LogP contribution in [0.25, 0.3) is 0 Å². The largest absolute Gasteiger partial charge is 0.168 e. The van der Waals surface area contributed by atoms with Crippen molar-refractivity contribution in [1.82, 2.24) is 0 Å². The minimum atomic E-state index is -1.36. The fourth-order valence-corrected chi connectivity index (χ4v) is 13.5. The molecule has 0 aromatic rings. The maximum Gasteiger partial charge on any atom is 0.150 e. The predicted molar refractivity (Wildman–Crippen MR) is 83.4 cm³/mol. The normalized spacial score (nSPS) is 14.4. The summed E-state index contributed by atoms with van der Waals surface area (Å²) in [5.41, 5.74) is 0. The van der Waals surface area contributed by atoms with E-state index in [9.17, 15) is 0 Å². The van der Waals surface area contributed by atoms with E-state index >= 15 is 0 Å². The first-order chi connectivity index (χ1) is 6.41. The molecule has 0 aliphatic heterocycles. The van der Waals surface area contributed by atoms with Crippen LogP contribution in [0, 0.1) is 0 Å². The SMILES string of the molecule is C[Si](C)(Cl)CC[Si](C)(C)CC[Si](C)(C)Cl. The van der Waals surface area contributed by atoms with E-state index in [2.05, 4.69) is 39.3 Å². The third kappa shape index (κ3) is 11.5. The number of rotatable bonds is 6. The lowest BCUT2D eigenvalue weighted by Crippen LogP contribution is -2.31. The minimum absolute atomic E-state index is 1.02. The molecule has 0 saturated carbocycles. The number of hydrogen-bond donors (Lipinski definition) is 0. The fraction of sp³-hybridized carbons (Fsp3) is 1.00. The van der Waals surface area contributed by atoms with Crippen molar-refractivity contribution in [3.05, 3.63) is 0 Å². The molecule has 5 heteroatoms. The summed E-state index contributed by atoms with van der Waals surface area (Å²) in [6, 6.07) is 5.32. The van der Waals surface area contributed by atoms with Gasteiger partial charge in [0.15, 0.2) is 0 Å². The molecule has 0 rings (SSSR count). The molecule has 0 bridgehead atoms. The van der Waals surface area contributed by atoms with Gasteiger partial charge in [0, 0.05) is 8.07 Å². The van der Waals surface area contributed by atoms with Gasteiger partial charge in [0.2, 0.25) is 0 Å². The van der Waals surface area contributed by atoms with Gasteiger partial charge in [0.25, 0.3) is 0 Å². The molecule has 0 nitrogen and oxygen atoms in total. The molecule has 0 heterocycles. The van der Waals surface area contributed by atoms with E-state index < -0.39 is 22.8 Å². The lowest BCUT2D eigenvalue weighted by molar-refractivity contribution is 1.20. The van der Waals surface area contributed by atoms with E-state index in [4.69, 9.17) is 22.2 Å². The first-order valence-corrected chi connectivity index (χ1v) is 17.6. The first kappa shape index (κ1) is 16.2. The van der Waals surface area contributed by atoms with Crippen molar-refractivity contribution in [3.8, 4) is 0 Å². The highest BCUT2D eigenvalue weighted by molar-refractivity contribution is 7.20. The maximum atomic E-state index is 6.37. The van der Waals surface area contributed by atoms with Crippen LogP contribution in [0.15, 0.2) is 0 Å². The van der Waals surface area contributed by atoms with E-state index in [1.807, 2.05) is 0 Å². The van der Waals surface area contributed by atoms with Gasteiger partial charge in [-0.3, -0.25) is 0 Å². The van der Waals surface area contributed by atoms with Crippen molar-refractivity contribution in [1.29, 1.82) is 0 Å². The Bertz CT molecular complexity index is 172. The van der Waals surface area contributed by atoms with Crippen molar-refractivity contribution >= 4 is 45.0 Å². The zero-order valence-corrected chi connectivity index (χ0v) is 15.6. The Balaban J connectivity index is 3.98. The van der Waals surface area contributed by atoms with E-state index in [-0.39, 0.29) is 0 Å². The molecule has 0 aliphatic carbocycles. The minimum Gasteiger partial charge on any atom is -0.168 e. The molecule has 0 radical (unpaired) electrons. The van der Waals surface area contributed by atoms with Crippen LogP contribution in [0.1, 0.15) is 0 Å². The molecule has 0 unspecified atom stereocenters. The maximum absolute atomic E-state index is 6.37. The van der Waals surface area contributed by atoms with Crippen LogP contribution in [0.3, 0.4) is 0 Å². The Morgan fingerprint density at radius 3 is 1.07 bits per heavy atom. The summed E-state index contributed by atoms with van der Waals surface area (Å²) in [4.78, 5) is 0. The molecule has 92 valence electrons. The molecule has 0 aromatic carbocycles. The van der Waals surface area contributed by atoms with Crippen LogP contribution in [0.5, 0.6) is 0 Å². The Kier molecular flexibility index (Phi) is 6.18. The summed E-state index contributed by atoms with van der Waals surface area (Å²) in [5.74, 6) is 0. The van der Waals surface area contributed by atoms with Crippen molar-refractivity contribution < 1.29 is 0 Å². The van der Waals surface area contributed by atoms with Gasteiger partial charge in [-0.2, -0.15) is 22.2 Å². The molecular formula is C10H26Cl2Si3. The molecule has 0 amide bonds. The fourth-order valence-electron chi connectivity index (χ4n) is 1.40. The highest BCUT2D eigenvalue weighted by Gasteiger charge is 2.28. The zero-order chi connectivity index (χ0) is 12.3. The molecule has 0 spiro atoms. The van der Waals surface area contributed by atoms with E-state index in [1.165, 1.54) is 24.2 Å². The van der Waals surface area contributed by atoms with Gasteiger partial charge in [-0.05, 0) is 12.1 Å². The van der Waals surface area contributed by atoms with Crippen LogP contribution in [-0.2, 0) is 0 Å². The molecule has 0 saturated heterocycles. The summed E-state index contributed by atoms with van der Waals surface area (Å²) < 4.78 is 0. The van der Waals surface area contributed by atoms with Crippen LogP contribution < -0.4 is 0 Å². The Morgan fingerprint density at radius 2 is 0.867 bits per heavy atom. The first-order valence-electron chi connectivity index (χ1n) is 5.79. The van der Waals surface area contributed by atoms with Gasteiger partial charge in [0.1, 0.15) is 14.8 Å². The lowest BCUT2D eigenvalue weighted by Gasteiger charge is -2.27. The van der Waals surface area contributed by atoms with Crippen molar-refractivity contribution in [3.63, 3.8) is 0 Å². The van der Waals surface area contributed by atoms with Crippen LogP contribution in [-0.4, -0.2) is 22.8 Å². The Hall–Kier alpha value is 1.23. The Labute approximate surface area is 108 Å². The molecular weight excluding hydrogens is 275 g/mol. The summed E-state index contributed by atoms with van der Waals surface area (Å²) in [6.45, 7) is 14.0. The van der Waals surface area contributed by atoms with Gasteiger partial charge in [-0.15, -0.1) is 0 Å². The molecule has 0 fully saturated rings. The standard InChI is InChI=1S/C10H26Cl2Si3/c1-13(2,7-9-14(3,4)11)8-10-15(5,6)12/h7-10H2,1-6H3. The van der Waals surface area contributed by atoms with Crippen LogP contribution in [0.4, 0.5) is 0 Å². The third-order valence-corrected chi connectivity index (χ3v) is 11.0. The number of hydrogen-bond acceptors (Lipinski definition) is 0. The monoisotopic (exact) mass is 300 g/mol. The second kappa shape index (κ2) is 5.72. The lowest BCUT2D eigenvalue weighted by atomic mass is 10.9. The third-order valence-electron chi connectivity index (χ3n) is 2.79. The highest BCUT2D eigenvalue weighted by Crippen LogP contribution is 2.29. The quantitative estimate of drug-likeness (QED) is 0.443. The average molecular weight is 301 g/mol. The summed E-state index contributed by atoms with van der Waals surface area (Å²) >= 11 is 12.7. The number of halogens is 2. The Morgan fingerprint density at radius 1 is 0.600 bits per heavy atom. The topological polar surface area (TPSA) is 0 Å². The van der Waals surface area contributed by atoms with Gasteiger partial charge < -0.3 is 0 Å². The van der Waals surface area contributed by atoms with Crippen LogP contribution >= 0.6 is 22.2 Å². The van der Waals surface area contributed by atoms with Crippen molar-refractivity contribution in [2.75, 3.05) is 0 Å². The summed E-state index contributed by atoms with van der Waals surface area (Å²) in [7, 11) is -3.74. The molecule has 0 atom stereocenters. The smallest absolute Gasteiger partial charge is 0.150 e. The molecule has 0 aromatic heterocycles. The second-order valence-corrected chi connectivity index (χ2v) is 25.9. The van der Waals surface area contributed by atoms with Crippen molar-refractivity contribution in [2.24, 2.45) is 0 Å². The van der Waals surface area contributed by atoms with Crippen molar-refractivity contribution in [2.45, 2.75) is 63.5 Å². The predicted octanol–water partition coefficient (Wildman–Crippen LogP) is 5.58. The highest BCUT2D eigenvalue weighted by atomic mass is 35.6. The van der Waals surface area contributed by atoms with Gasteiger partial charge in [0.05, 0.1) is 0 Å². The van der Waals surface area contributed by atoms with Crippen LogP contribution in [0.2, 0.25) is 63.5 Å². The van der Waals surface area contributed by atoms with E-state index in [1.54, 1.807) is 0 Å². The zero-order valence-electron chi connectivity index (χ0n) is 11.1. The van der Waals surface area contributed by atoms with Gasteiger partial charge in [-0.1, -0.05) is 51.4 Å². The van der Waals surface area contributed by atoms with E-state index in [0.717, 1.165) is 0 Å². The molecule has 0 N–H and O–H groups in total. The summed E-state index contributed by atoms with van der Waals surface area (Å²) in [5, 5.41) is 0. The second-order valence-electron chi connectivity index (χ2n) is 6.60. The molecule has 0 aliphatic rings. The van der Waals surface area contributed by atoms with Gasteiger partial charge in [-0.25, -0.2) is 0 Å². The average Bonchev–Trinajstić information content (AvgIpc) is 1.96.